The first-order valence-corrected chi connectivity index (χ1v) is 5.75. The molecule has 0 saturated carbocycles. The predicted octanol–water partition coefficient (Wildman–Crippen LogP) is 4.63. The molecule has 0 aliphatic heterocycles. The molecule has 2 aromatic carbocycles. The van der Waals surface area contributed by atoms with Crippen molar-refractivity contribution in [3.63, 3.8) is 0 Å². The number of alkyl halides is 3. The summed E-state index contributed by atoms with van der Waals surface area (Å²) in [4.78, 5) is 0. The van der Waals surface area contributed by atoms with Gasteiger partial charge in [0.05, 0.1) is 5.69 Å². The maximum atomic E-state index is 13.2. The fourth-order valence-corrected chi connectivity index (χ4v) is 1.88. The van der Waals surface area contributed by atoms with Crippen molar-refractivity contribution in [3.8, 4) is 16.9 Å². The molecule has 2 aromatic rings. The van der Waals surface area contributed by atoms with Gasteiger partial charge in [0.25, 0.3) is 0 Å². The summed E-state index contributed by atoms with van der Waals surface area (Å²) in [7, 11) is 0. The third kappa shape index (κ3) is 3.33. The summed E-state index contributed by atoms with van der Waals surface area (Å²) in [5.74, 6) is -1.03. The maximum Gasteiger partial charge on any atom is 0.573 e. The molecule has 2 rings (SSSR count). The van der Waals surface area contributed by atoms with Gasteiger partial charge in [0.1, 0.15) is 5.82 Å². The van der Waals surface area contributed by atoms with Crippen LogP contribution in [0.4, 0.5) is 23.2 Å². The van der Waals surface area contributed by atoms with Crippen LogP contribution >= 0.6 is 11.6 Å². The van der Waals surface area contributed by atoms with E-state index >= 15 is 0 Å². The Morgan fingerprint density at radius 1 is 1.05 bits per heavy atom. The lowest BCUT2D eigenvalue weighted by atomic mass is 10.0. The second kappa shape index (κ2) is 5.20. The fourth-order valence-electron chi connectivity index (χ4n) is 1.65. The molecular weight excluding hydrogens is 298 g/mol. The topological polar surface area (TPSA) is 35.2 Å². The molecule has 2 nitrogen and oxygen atoms in total. The minimum Gasteiger partial charge on any atom is -0.404 e. The van der Waals surface area contributed by atoms with Gasteiger partial charge in [-0.3, -0.25) is 0 Å². The molecule has 0 unspecified atom stereocenters. The van der Waals surface area contributed by atoms with E-state index in [0.717, 1.165) is 6.07 Å². The van der Waals surface area contributed by atoms with Crippen LogP contribution < -0.4 is 10.5 Å². The van der Waals surface area contributed by atoms with Crippen LogP contribution in [0.25, 0.3) is 11.1 Å². The standard InChI is InChI=1S/C13H8ClF4NO/c14-10-3-2-8(15)6-9(10)7-1-4-12(11(19)5-7)20-13(16,17)18/h1-6H,19H2. The second-order valence-corrected chi connectivity index (χ2v) is 4.33. The highest BCUT2D eigenvalue weighted by Gasteiger charge is 2.31. The van der Waals surface area contributed by atoms with Crippen LogP contribution in [0.1, 0.15) is 0 Å². The Hall–Kier alpha value is -1.95. The van der Waals surface area contributed by atoms with E-state index in [2.05, 4.69) is 4.74 Å². The first-order chi connectivity index (χ1) is 9.26. The van der Waals surface area contributed by atoms with E-state index in [9.17, 15) is 17.6 Å². The third-order valence-corrected chi connectivity index (χ3v) is 2.80. The second-order valence-electron chi connectivity index (χ2n) is 3.92. The Labute approximate surface area is 116 Å². The van der Waals surface area contributed by atoms with E-state index in [4.69, 9.17) is 17.3 Å². The van der Waals surface area contributed by atoms with Crippen LogP contribution in [0.15, 0.2) is 36.4 Å². The number of nitrogens with two attached hydrogens (primary N) is 1. The van der Waals surface area contributed by atoms with Gasteiger partial charge in [-0.1, -0.05) is 17.7 Å². The lowest BCUT2D eigenvalue weighted by Crippen LogP contribution is -2.18. The quantitative estimate of drug-likeness (QED) is 0.648. The summed E-state index contributed by atoms with van der Waals surface area (Å²) in [6.45, 7) is 0. The van der Waals surface area contributed by atoms with Gasteiger partial charge < -0.3 is 10.5 Å². The van der Waals surface area contributed by atoms with Gasteiger partial charge in [-0.2, -0.15) is 0 Å². The lowest BCUT2D eigenvalue weighted by Gasteiger charge is -2.12. The van der Waals surface area contributed by atoms with Crippen LogP contribution in [0, 0.1) is 5.82 Å². The zero-order chi connectivity index (χ0) is 14.9. The van der Waals surface area contributed by atoms with Gasteiger partial charge in [-0.25, -0.2) is 4.39 Å². The number of halogens is 5. The Morgan fingerprint density at radius 2 is 1.75 bits per heavy atom. The Kier molecular flexibility index (Phi) is 3.76. The number of nitrogen functional groups attached to an aromatic ring is 1. The molecule has 0 aromatic heterocycles. The Morgan fingerprint density at radius 3 is 2.35 bits per heavy atom. The van der Waals surface area contributed by atoms with Crippen molar-refractivity contribution >= 4 is 17.3 Å². The fraction of sp³-hybridized carbons (Fsp3) is 0.0769. The molecule has 0 heterocycles. The summed E-state index contributed by atoms with van der Waals surface area (Å²) in [6.07, 6.45) is -4.83. The van der Waals surface area contributed by atoms with Gasteiger partial charge >= 0.3 is 6.36 Å². The van der Waals surface area contributed by atoms with Crippen LogP contribution in [0.5, 0.6) is 5.75 Å². The van der Waals surface area contributed by atoms with Gasteiger partial charge in [0.2, 0.25) is 0 Å². The van der Waals surface area contributed by atoms with Gasteiger partial charge in [-0.05, 0) is 35.9 Å². The SMILES string of the molecule is Nc1cc(-c2cc(F)ccc2Cl)ccc1OC(F)(F)F. The molecule has 0 bridgehead atoms. The summed E-state index contributed by atoms with van der Waals surface area (Å²) in [5.41, 5.74) is 5.99. The number of ether oxygens (including phenoxy) is 1. The molecule has 20 heavy (non-hydrogen) atoms. The van der Waals surface area contributed by atoms with E-state index in [0.29, 0.717) is 11.1 Å². The van der Waals surface area contributed by atoms with Crippen molar-refractivity contribution < 1.29 is 22.3 Å². The molecule has 7 heteroatoms. The average molecular weight is 306 g/mol. The lowest BCUT2D eigenvalue weighted by molar-refractivity contribution is -0.274. The molecule has 0 spiro atoms. The predicted molar refractivity (Wildman–Crippen MR) is 67.9 cm³/mol. The smallest absolute Gasteiger partial charge is 0.404 e. The number of anilines is 1. The minimum atomic E-state index is -4.83. The molecule has 0 amide bonds. The summed E-state index contributed by atoms with van der Waals surface area (Å²) >= 11 is 5.91. The van der Waals surface area contributed by atoms with Crippen LogP contribution in [-0.4, -0.2) is 6.36 Å². The largest absolute Gasteiger partial charge is 0.573 e. The van der Waals surface area contributed by atoms with Gasteiger partial charge in [-0.15, -0.1) is 13.2 Å². The molecule has 2 N–H and O–H groups in total. The molecular formula is C13H8ClF4NO. The van der Waals surface area contributed by atoms with Crippen molar-refractivity contribution in [1.82, 2.24) is 0 Å². The van der Waals surface area contributed by atoms with Crippen LogP contribution in [0.3, 0.4) is 0 Å². The molecule has 106 valence electrons. The Balaban J connectivity index is 2.41. The zero-order valence-corrected chi connectivity index (χ0v) is 10.6. The third-order valence-electron chi connectivity index (χ3n) is 2.47. The first kappa shape index (κ1) is 14.5. The Bertz CT molecular complexity index is 643. The maximum absolute atomic E-state index is 13.2. The van der Waals surface area contributed by atoms with E-state index < -0.39 is 17.9 Å². The normalized spacial score (nSPS) is 11.4. The summed E-state index contributed by atoms with van der Waals surface area (Å²) in [5, 5.41) is 0.260. The summed E-state index contributed by atoms with van der Waals surface area (Å²) in [6, 6.07) is 7.31. The van der Waals surface area contributed by atoms with Crippen LogP contribution in [-0.2, 0) is 0 Å². The van der Waals surface area contributed by atoms with Crippen LogP contribution in [0.2, 0.25) is 5.02 Å². The first-order valence-electron chi connectivity index (χ1n) is 5.37. The number of rotatable bonds is 2. The monoisotopic (exact) mass is 305 g/mol. The molecule has 0 saturated heterocycles. The number of hydrogen-bond acceptors (Lipinski definition) is 2. The molecule has 0 aliphatic carbocycles. The van der Waals surface area contributed by atoms with Gasteiger partial charge in [0, 0.05) is 10.6 Å². The number of hydrogen-bond donors (Lipinski definition) is 1. The highest BCUT2D eigenvalue weighted by Crippen LogP contribution is 2.35. The highest BCUT2D eigenvalue weighted by atomic mass is 35.5. The van der Waals surface area contributed by atoms with Crippen molar-refractivity contribution in [2.75, 3.05) is 5.73 Å². The highest BCUT2D eigenvalue weighted by molar-refractivity contribution is 6.33. The van der Waals surface area contributed by atoms with E-state index in [-0.39, 0.29) is 10.7 Å². The van der Waals surface area contributed by atoms with Crippen molar-refractivity contribution in [1.29, 1.82) is 0 Å². The molecule has 0 fully saturated rings. The van der Waals surface area contributed by atoms with Crippen molar-refractivity contribution in [2.24, 2.45) is 0 Å². The van der Waals surface area contributed by atoms with E-state index in [1.165, 1.54) is 30.3 Å². The van der Waals surface area contributed by atoms with Crippen molar-refractivity contribution in [2.45, 2.75) is 6.36 Å². The summed E-state index contributed by atoms with van der Waals surface area (Å²) < 4.78 is 53.3. The van der Waals surface area contributed by atoms with Crippen molar-refractivity contribution in [3.05, 3.63) is 47.2 Å². The average Bonchev–Trinajstić information content (AvgIpc) is 2.33. The molecule has 0 aliphatic rings. The van der Waals surface area contributed by atoms with E-state index in [1.54, 1.807) is 0 Å². The molecule has 0 radical (unpaired) electrons. The van der Waals surface area contributed by atoms with Gasteiger partial charge in [0.15, 0.2) is 5.75 Å². The zero-order valence-electron chi connectivity index (χ0n) is 9.84. The van der Waals surface area contributed by atoms with E-state index in [1.807, 2.05) is 0 Å². The number of benzene rings is 2. The molecule has 0 atom stereocenters. The minimum absolute atomic E-state index is 0.222.